The van der Waals surface area contributed by atoms with E-state index in [1.165, 1.54) is 0 Å². The van der Waals surface area contributed by atoms with Gasteiger partial charge in [0.15, 0.2) is 5.78 Å². The molecule has 6 heteroatoms. The largest absolute Gasteiger partial charge is 0.497 e. The number of ether oxygens (including phenoxy) is 1. The Balaban J connectivity index is 1.77. The molecular formula is C33H27N3O2S. The van der Waals surface area contributed by atoms with Crippen molar-refractivity contribution in [3.8, 4) is 11.8 Å². The maximum atomic E-state index is 14.4. The first-order chi connectivity index (χ1) is 19.1. The summed E-state index contributed by atoms with van der Waals surface area (Å²) in [5.74, 6) is 0.828. The van der Waals surface area contributed by atoms with Gasteiger partial charge in [0.1, 0.15) is 11.6 Å². The lowest BCUT2D eigenvalue weighted by molar-refractivity contribution is 0.102. The second-order valence-electron chi connectivity index (χ2n) is 8.98. The second-order valence-corrected chi connectivity index (χ2v) is 9.94. The molecule has 5 rings (SSSR count). The van der Waals surface area contributed by atoms with Crippen LogP contribution in [0.5, 0.6) is 5.75 Å². The van der Waals surface area contributed by atoms with Crippen LogP contribution in [0.2, 0.25) is 0 Å². The second kappa shape index (κ2) is 11.8. The van der Waals surface area contributed by atoms with Crippen molar-refractivity contribution in [2.75, 3.05) is 12.0 Å². The van der Waals surface area contributed by atoms with Gasteiger partial charge >= 0.3 is 0 Å². The summed E-state index contributed by atoms with van der Waals surface area (Å²) in [6, 6.07) is 38.7. The van der Waals surface area contributed by atoms with E-state index in [-0.39, 0.29) is 5.78 Å². The van der Waals surface area contributed by atoms with E-state index in [2.05, 4.69) is 18.2 Å². The molecule has 0 radical (unpaired) electrons. The Bertz CT molecular complexity index is 1560. The van der Waals surface area contributed by atoms with Gasteiger partial charge in [-0.1, -0.05) is 91.0 Å². The summed E-state index contributed by atoms with van der Waals surface area (Å²) in [5, 5.41) is 11.1. The zero-order valence-electron chi connectivity index (χ0n) is 21.5. The van der Waals surface area contributed by atoms with Gasteiger partial charge in [-0.25, -0.2) is 0 Å². The molecule has 0 amide bonds. The summed E-state index contributed by atoms with van der Waals surface area (Å²) in [4.78, 5) is 16.2. The van der Waals surface area contributed by atoms with Crippen molar-refractivity contribution in [3.63, 3.8) is 0 Å². The fourth-order valence-electron chi connectivity index (χ4n) is 4.69. The van der Waals surface area contributed by atoms with Crippen LogP contribution in [0.15, 0.2) is 137 Å². The predicted octanol–water partition coefficient (Wildman–Crippen LogP) is 7.02. The summed E-state index contributed by atoms with van der Waals surface area (Å²) >= 11 is 1.54. The smallest absolute Gasteiger partial charge is 0.192 e. The average molecular weight is 530 g/mol. The summed E-state index contributed by atoms with van der Waals surface area (Å²) in [7, 11) is 1.61. The molecule has 0 saturated heterocycles. The van der Waals surface area contributed by atoms with E-state index < -0.39 is 5.92 Å². The van der Waals surface area contributed by atoms with E-state index in [4.69, 9.17) is 10.5 Å². The van der Waals surface area contributed by atoms with Gasteiger partial charge in [0, 0.05) is 22.6 Å². The van der Waals surface area contributed by atoms with E-state index in [9.17, 15) is 10.1 Å². The normalized spacial score (nSPS) is 15.2. The highest BCUT2D eigenvalue weighted by Gasteiger charge is 2.39. The number of allylic oxidation sites excluding steroid dienone is 2. The minimum atomic E-state index is -0.646. The topological polar surface area (TPSA) is 79.3 Å². The number of para-hydroxylation sites is 1. The van der Waals surface area contributed by atoms with Crippen LogP contribution in [0.3, 0.4) is 0 Å². The van der Waals surface area contributed by atoms with Crippen LogP contribution in [0, 0.1) is 11.3 Å². The number of hydrogen-bond acceptors (Lipinski definition) is 6. The molecular weight excluding hydrogens is 502 g/mol. The number of rotatable bonds is 8. The van der Waals surface area contributed by atoms with Crippen LogP contribution in [-0.2, 0) is 5.75 Å². The Labute approximate surface area is 232 Å². The Morgan fingerprint density at radius 1 is 0.897 bits per heavy atom. The van der Waals surface area contributed by atoms with E-state index >= 15 is 0 Å². The number of carbonyl (C=O) groups excluding carboxylic acids is 1. The Kier molecular flexibility index (Phi) is 7.81. The number of hydrogen-bond donors (Lipinski definition) is 1. The van der Waals surface area contributed by atoms with Crippen molar-refractivity contribution in [3.05, 3.63) is 154 Å². The number of benzene rings is 4. The molecule has 0 saturated carbocycles. The van der Waals surface area contributed by atoms with Gasteiger partial charge in [0.2, 0.25) is 0 Å². The molecule has 2 N–H and O–H groups in total. The number of Topliss-reactive ketones (excluding diaryl/α,β-unsaturated/α-hetero) is 1. The van der Waals surface area contributed by atoms with Gasteiger partial charge in [-0.05, 0) is 35.4 Å². The Morgan fingerprint density at radius 3 is 2.08 bits per heavy atom. The van der Waals surface area contributed by atoms with Crippen molar-refractivity contribution >= 4 is 23.2 Å². The molecule has 0 bridgehead atoms. The summed E-state index contributed by atoms with van der Waals surface area (Å²) < 4.78 is 5.36. The van der Waals surface area contributed by atoms with Crippen LogP contribution in [0.1, 0.15) is 27.4 Å². The molecule has 1 heterocycles. The van der Waals surface area contributed by atoms with Crippen molar-refractivity contribution < 1.29 is 9.53 Å². The van der Waals surface area contributed by atoms with Gasteiger partial charge in [-0.2, -0.15) is 5.26 Å². The highest BCUT2D eigenvalue weighted by molar-refractivity contribution is 8.02. The number of methoxy groups -OCH3 is 1. The molecule has 0 spiro atoms. The summed E-state index contributed by atoms with van der Waals surface area (Å²) in [5.41, 5.74) is 10.9. The number of nitrogens with two attached hydrogens (primary N) is 1. The van der Waals surface area contributed by atoms with Crippen LogP contribution < -0.4 is 15.4 Å². The van der Waals surface area contributed by atoms with Gasteiger partial charge in [0.05, 0.1) is 29.7 Å². The lowest BCUT2D eigenvalue weighted by Crippen LogP contribution is -2.36. The third kappa shape index (κ3) is 5.31. The van der Waals surface area contributed by atoms with Gasteiger partial charge in [0.25, 0.3) is 0 Å². The van der Waals surface area contributed by atoms with Crippen LogP contribution in [0.4, 0.5) is 5.69 Å². The molecule has 4 aromatic rings. The molecule has 1 aliphatic rings. The SMILES string of the molecule is COc1ccc(C2C(C#N)=C(N)N(c3ccccc3)C(SCc3ccccc3)=C2C(=O)c2ccccc2)cc1. The maximum absolute atomic E-state index is 14.4. The number of nitrogens with zero attached hydrogens (tertiary/aromatic N) is 2. The van der Waals surface area contributed by atoms with E-state index in [0.29, 0.717) is 39.1 Å². The fourth-order valence-corrected chi connectivity index (χ4v) is 5.89. The molecule has 0 aliphatic carbocycles. The highest BCUT2D eigenvalue weighted by atomic mass is 32.2. The van der Waals surface area contributed by atoms with Crippen molar-refractivity contribution in [1.29, 1.82) is 5.26 Å². The van der Waals surface area contributed by atoms with Crippen molar-refractivity contribution in [2.45, 2.75) is 11.7 Å². The number of nitriles is 1. The molecule has 0 fully saturated rings. The predicted molar refractivity (Wildman–Crippen MR) is 157 cm³/mol. The van der Waals surface area contributed by atoms with Crippen LogP contribution in [-0.4, -0.2) is 12.9 Å². The molecule has 5 nitrogen and oxygen atoms in total. The zero-order chi connectivity index (χ0) is 27.2. The highest BCUT2D eigenvalue weighted by Crippen LogP contribution is 2.47. The average Bonchev–Trinajstić information content (AvgIpc) is 3.00. The van der Waals surface area contributed by atoms with E-state index in [0.717, 1.165) is 16.8 Å². The fraction of sp³-hybridized carbons (Fsp3) is 0.0909. The van der Waals surface area contributed by atoms with Gasteiger partial charge in [-0.3, -0.25) is 9.69 Å². The molecule has 1 aliphatic heterocycles. The van der Waals surface area contributed by atoms with Crippen molar-refractivity contribution in [1.82, 2.24) is 0 Å². The quantitative estimate of drug-likeness (QED) is 0.247. The number of ketones is 1. The molecule has 192 valence electrons. The van der Waals surface area contributed by atoms with E-state index in [1.807, 2.05) is 95.9 Å². The first kappa shape index (κ1) is 25.9. The molecule has 1 unspecified atom stereocenters. The first-order valence-corrected chi connectivity index (χ1v) is 13.5. The lowest BCUT2D eigenvalue weighted by Gasteiger charge is -2.37. The van der Waals surface area contributed by atoms with Crippen LogP contribution >= 0.6 is 11.8 Å². The lowest BCUT2D eigenvalue weighted by atomic mass is 9.80. The van der Waals surface area contributed by atoms with Gasteiger partial charge in [-0.15, -0.1) is 11.8 Å². The molecule has 0 aromatic heterocycles. The number of anilines is 1. The van der Waals surface area contributed by atoms with Crippen molar-refractivity contribution in [2.24, 2.45) is 5.73 Å². The standard InChI is InChI=1S/C33H27N3O2S/c1-38-27-19-17-24(18-20-27)29-28(21-34)32(35)36(26-15-9-4-10-16-26)33(39-22-23-11-5-2-6-12-23)30(29)31(37)25-13-7-3-8-14-25/h2-20,29H,22,35H2,1H3. The molecule has 1 atom stereocenters. The Morgan fingerprint density at radius 2 is 1.49 bits per heavy atom. The zero-order valence-corrected chi connectivity index (χ0v) is 22.3. The van der Waals surface area contributed by atoms with Crippen LogP contribution in [0.25, 0.3) is 0 Å². The summed E-state index contributed by atoms with van der Waals surface area (Å²) in [6.07, 6.45) is 0. The number of carbonyl (C=O) groups is 1. The van der Waals surface area contributed by atoms with E-state index in [1.54, 1.807) is 31.0 Å². The maximum Gasteiger partial charge on any atom is 0.192 e. The minimum absolute atomic E-state index is 0.145. The first-order valence-electron chi connectivity index (χ1n) is 12.5. The summed E-state index contributed by atoms with van der Waals surface area (Å²) in [6.45, 7) is 0. The Hall–Kier alpha value is -4.73. The number of thioether (sulfide) groups is 1. The monoisotopic (exact) mass is 529 g/mol. The molecule has 39 heavy (non-hydrogen) atoms. The third-order valence-corrected chi connectivity index (χ3v) is 7.76. The molecule has 4 aromatic carbocycles. The minimum Gasteiger partial charge on any atom is -0.497 e. The third-order valence-electron chi connectivity index (χ3n) is 6.61. The van der Waals surface area contributed by atoms with Gasteiger partial charge < -0.3 is 10.5 Å².